The average Bonchev–Trinajstić information content (AvgIpc) is 2.86. The molecular formula is C25H24O10S2. The summed E-state index contributed by atoms with van der Waals surface area (Å²) in [4.78, 5) is 24.4. The van der Waals surface area contributed by atoms with Crippen molar-refractivity contribution >= 4 is 37.0 Å². The molecule has 0 saturated carbocycles. The molecule has 0 bridgehead atoms. The van der Waals surface area contributed by atoms with E-state index in [1.165, 1.54) is 12.1 Å². The van der Waals surface area contributed by atoms with Crippen LogP contribution in [0.25, 0.3) is 11.0 Å². The van der Waals surface area contributed by atoms with Crippen LogP contribution in [0.3, 0.4) is 0 Å². The lowest BCUT2D eigenvalue weighted by Crippen LogP contribution is -2.23. The SMILES string of the molecule is CC.O=C(C1=CCCC=C1)C(c1ccccc1)c1c(O)c2c(S(=O)(=O)O)cc(S(=O)(=O)O)cc2oc1=O. The standard InChI is InChI=1S/C23H18O10S2.C2H6/c24-21(14-9-5-2-6-10-14)18(13-7-3-1-4-8-13)20-22(25)19-16(33-23(20)26)11-15(34(27,28)29)12-17(19)35(30,31)32;1-2/h1,3-5,7-12,18,25H,2,6H2,(H,27,28,29)(H,30,31,32);1-2H3. The molecule has 2 aromatic carbocycles. The zero-order valence-corrected chi connectivity index (χ0v) is 21.4. The molecule has 0 radical (unpaired) electrons. The zero-order chi connectivity index (χ0) is 27.5. The van der Waals surface area contributed by atoms with Crippen molar-refractivity contribution in [3.8, 4) is 5.75 Å². The second-order valence-electron chi connectivity index (χ2n) is 7.74. The van der Waals surface area contributed by atoms with E-state index in [4.69, 9.17) is 4.42 Å². The number of aromatic hydroxyl groups is 1. The first-order chi connectivity index (χ1) is 17.4. The lowest BCUT2D eigenvalue weighted by molar-refractivity contribution is -0.115. The van der Waals surface area contributed by atoms with Crippen molar-refractivity contribution in [3.05, 3.63) is 87.8 Å². The highest BCUT2D eigenvalue weighted by atomic mass is 32.2. The van der Waals surface area contributed by atoms with Crippen molar-refractivity contribution in [2.45, 2.75) is 42.4 Å². The van der Waals surface area contributed by atoms with Gasteiger partial charge in [0.05, 0.1) is 21.8 Å². The molecule has 3 N–H and O–H groups in total. The molecule has 37 heavy (non-hydrogen) atoms. The summed E-state index contributed by atoms with van der Waals surface area (Å²) in [5.74, 6) is -2.98. The smallest absolute Gasteiger partial charge is 0.344 e. The van der Waals surface area contributed by atoms with Crippen molar-refractivity contribution in [2.75, 3.05) is 0 Å². The van der Waals surface area contributed by atoms with E-state index in [1.54, 1.807) is 36.4 Å². The van der Waals surface area contributed by atoms with Gasteiger partial charge >= 0.3 is 5.63 Å². The Balaban J connectivity index is 0.00000186. The van der Waals surface area contributed by atoms with E-state index in [0.717, 1.165) is 0 Å². The van der Waals surface area contributed by atoms with E-state index in [2.05, 4.69) is 0 Å². The first-order valence-electron chi connectivity index (χ1n) is 11.1. The predicted octanol–water partition coefficient (Wildman–Crippen LogP) is 4.00. The second-order valence-corrected chi connectivity index (χ2v) is 10.6. The highest BCUT2D eigenvalue weighted by Crippen LogP contribution is 2.40. The van der Waals surface area contributed by atoms with Gasteiger partial charge in [-0.1, -0.05) is 62.4 Å². The highest BCUT2D eigenvalue weighted by Gasteiger charge is 2.34. The fourth-order valence-electron chi connectivity index (χ4n) is 3.93. The minimum Gasteiger partial charge on any atom is -0.507 e. The van der Waals surface area contributed by atoms with Crippen molar-refractivity contribution in [3.63, 3.8) is 0 Å². The topological polar surface area (TPSA) is 176 Å². The maximum atomic E-state index is 13.5. The monoisotopic (exact) mass is 548 g/mol. The lowest BCUT2D eigenvalue weighted by atomic mass is 9.83. The molecule has 1 heterocycles. The van der Waals surface area contributed by atoms with Gasteiger partial charge in [0.25, 0.3) is 20.2 Å². The molecule has 10 nitrogen and oxygen atoms in total. The summed E-state index contributed by atoms with van der Waals surface area (Å²) in [6.45, 7) is 4.00. The molecule has 0 aliphatic heterocycles. The number of carbonyl (C=O) groups is 1. The third kappa shape index (κ3) is 5.72. The molecule has 4 rings (SSSR count). The third-order valence-corrected chi connectivity index (χ3v) is 7.20. The van der Waals surface area contributed by atoms with Gasteiger partial charge < -0.3 is 9.52 Å². The molecule has 0 fully saturated rings. The van der Waals surface area contributed by atoms with Crippen molar-refractivity contribution in [2.24, 2.45) is 0 Å². The fraction of sp³-hybridized carbons (Fsp3) is 0.200. The van der Waals surface area contributed by atoms with E-state index >= 15 is 0 Å². The number of benzene rings is 2. The van der Waals surface area contributed by atoms with Gasteiger partial charge in [-0.25, -0.2) is 4.79 Å². The Morgan fingerprint density at radius 2 is 1.62 bits per heavy atom. The third-order valence-electron chi connectivity index (χ3n) is 5.49. The van der Waals surface area contributed by atoms with Gasteiger partial charge in [0.15, 0.2) is 5.78 Å². The number of ketones is 1. The van der Waals surface area contributed by atoms with Gasteiger partial charge in [0.2, 0.25) is 0 Å². The predicted molar refractivity (Wildman–Crippen MR) is 135 cm³/mol. The summed E-state index contributed by atoms with van der Waals surface area (Å²) in [5, 5.41) is 10.4. The van der Waals surface area contributed by atoms with E-state index in [0.29, 0.717) is 30.5 Å². The number of fused-ring (bicyclic) bond motifs is 1. The van der Waals surface area contributed by atoms with Crippen LogP contribution < -0.4 is 5.63 Å². The molecule has 0 spiro atoms. The van der Waals surface area contributed by atoms with Crippen molar-refractivity contribution in [1.29, 1.82) is 0 Å². The number of allylic oxidation sites excluding steroid dienone is 4. The van der Waals surface area contributed by atoms with Crippen LogP contribution in [0.1, 0.15) is 43.7 Å². The molecule has 1 aliphatic carbocycles. The molecular weight excluding hydrogens is 524 g/mol. The Morgan fingerprint density at radius 1 is 0.973 bits per heavy atom. The first kappa shape index (κ1) is 28.0. The normalized spacial score (nSPS) is 14.4. The van der Waals surface area contributed by atoms with Crippen LogP contribution in [0, 0.1) is 0 Å². The summed E-state index contributed by atoms with van der Waals surface area (Å²) in [7, 11) is -10.2. The number of carbonyl (C=O) groups excluding carboxylic acids is 1. The Kier molecular flexibility index (Phi) is 8.18. The highest BCUT2D eigenvalue weighted by molar-refractivity contribution is 7.86. The Hall–Kier alpha value is -3.58. The maximum absolute atomic E-state index is 13.5. The van der Waals surface area contributed by atoms with E-state index < -0.39 is 69.6 Å². The molecule has 1 aromatic heterocycles. The fourth-order valence-corrected chi connectivity index (χ4v) is 5.26. The van der Waals surface area contributed by atoms with E-state index in [-0.39, 0.29) is 5.57 Å². The lowest BCUT2D eigenvalue weighted by Gasteiger charge is -2.19. The summed E-state index contributed by atoms with van der Waals surface area (Å²) in [6, 6.07) is 8.96. The summed E-state index contributed by atoms with van der Waals surface area (Å²) >= 11 is 0. The van der Waals surface area contributed by atoms with Crippen LogP contribution in [0.15, 0.2) is 85.3 Å². The van der Waals surface area contributed by atoms with Crippen molar-refractivity contribution in [1.82, 2.24) is 0 Å². The van der Waals surface area contributed by atoms with Gasteiger partial charge in [-0.15, -0.1) is 0 Å². The molecule has 196 valence electrons. The molecule has 1 unspecified atom stereocenters. The average molecular weight is 549 g/mol. The molecule has 0 amide bonds. The van der Waals surface area contributed by atoms with Gasteiger partial charge in [-0.05, 0) is 24.5 Å². The number of hydrogen-bond acceptors (Lipinski definition) is 8. The van der Waals surface area contributed by atoms with Crippen LogP contribution in [0.4, 0.5) is 0 Å². The Bertz CT molecular complexity index is 1680. The van der Waals surface area contributed by atoms with Crippen LogP contribution in [0.2, 0.25) is 0 Å². The minimum absolute atomic E-state index is 0.265. The Labute approximate surface area is 213 Å². The van der Waals surface area contributed by atoms with Crippen LogP contribution >= 0.6 is 0 Å². The molecule has 0 saturated heterocycles. The van der Waals surface area contributed by atoms with Crippen molar-refractivity contribution < 1.29 is 40.3 Å². The number of Topliss-reactive ketones (excluding diaryl/α,β-unsaturated/α-hetero) is 1. The zero-order valence-electron chi connectivity index (χ0n) is 19.8. The van der Waals surface area contributed by atoms with Gasteiger partial charge in [0.1, 0.15) is 16.2 Å². The van der Waals surface area contributed by atoms with Gasteiger partial charge in [-0.3, -0.25) is 13.9 Å². The van der Waals surface area contributed by atoms with Crippen LogP contribution in [-0.2, 0) is 25.0 Å². The molecule has 12 heteroatoms. The van der Waals surface area contributed by atoms with Gasteiger partial charge in [-0.2, -0.15) is 16.8 Å². The number of hydrogen-bond donors (Lipinski definition) is 3. The van der Waals surface area contributed by atoms with Crippen LogP contribution in [-0.4, -0.2) is 36.8 Å². The number of rotatable bonds is 6. The summed E-state index contributed by atoms with van der Waals surface area (Å²) in [5.41, 5.74) is -2.03. The largest absolute Gasteiger partial charge is 0.507 e. The maximum Gasteiger partial charge on any atom is 0.344 e. The first-order valence-corrected chi connectivity index (χ1v) is 14.0. The quantitative estimate of drug-likeness (QED) is 0.301. The minimum atomic E-state index is -5.20. The summed E-state index contributed by atoms with van der Waals surface area (Å²) < 4.78 is 71.5. The summed E-state index contributed by atoms with van der Waals surface area (Å²) in [6.07, 6.45) is 6.29. The molecule has 1 atom stereocenters. The molecule has 3 aromatic rings. The second kappa shape index (κ2) is 10.8. The van der Waals surface area contributed by atoms with Crippen LogP contribution in [0.5, 0.6) is 5.75 Å². The van der Waals surface area contributed by atoms with E-state index in [9.17, 15) is 40.6 Å². The van der Waals surface area contributed by atoms with Gasteiger partial charge in [0, 0.05) is 11.6 Å². The van der Waals surface area contributed by atoms with E-state index in [1.807, 2.05) is 13.8 Å². The molecule has 1 aliphatic rings. The Morgan fingerprint density at radius 3 is 2.16 bits per heavy atom.